The molecule has 2 aromatic rings. The van der Waals surface area contributed by atoms with Crippen molar-refractivity contribution in [1.29, 1.82) is 0 Å². The predicted molar refractivity (Wildman–Crippen MR) is 76.1 cm³/mol. The maximum Gasteiger partial charge on any atom is 0.295 e. The molecule has 0 unspecified atom stereocenters. The van der Waals surface area contributed by atoms with Crippen LogP contribution in [0.5, 0.6) is 0 Å². The normalized spacial score (nSPS) is 11.7. The molecule has 2 aromatic carbocycles. The van der Waals surface area contributed by atoms with Crippen molar-refractivity contribution in [3.05, 3.63) is 71.8 Å². The van der Waals surface area contributed by atoms with Crippen molar-refractivity contribution in [2.45, 2.75) is 4.90 Å². The van der Waals surface area contributed by atoms with Crippen LogP contribution in [-0.4, -0.2) is 18.8 Å². The summed E-state index contributed by atoms with van der Waals surface area (Å²) in [7, 11) is -4.31. The van der Waals surface area contributed by atoms with Crippen LogP contribution in [-0.2, 0) is 10.1 Å². The van der Waals surface area contributed by atoms with Gasteiger partial charge in [-0.15, -0.1) is 0 Å². The van der Waals surface area contributed by atoms with Crippen LogP contribution < -0.4 is 0 Å². The first-order valence-electron chi connectivity index (χ1n) is 5.82. The summed E-state index contributed by atoms with van der Waals surface area (Å²) >= 11 is 0. The third-order valence-corrected chi connectivity index (χ3v) is 3.60. The van der Waals surface area contributed by atoms with Crippen molar-refractivity contribution in [3.8, 4) is 0 Å². The summed E-state index contributed by atoms with van der Waals surface area (Å²) in [5.41, 5.74) is 0.771. The molecule has 102 valence electrons. The van der Waals surface area contributed by atoms with E-state index >= 15 is 0 Å². The van der Waals surface area contributed by atoms with E-state index in [1.807, 2.05) is 0 Å². The standard InChI is InChI=1S/C15H12O4S/c16-14(12-6-2-1-3-7-12)11-10-13-8-4-5-9-15(13)20(17,18)19/h1-11H,(H,17,18,19)/b11-10+. The number of benzene rings is 2. The minimum absolute atomic E-state index is 0.225. The van der Waals surface area contributed by atoms with E-state index in [0.29, 0.717) is 5.56 Å². The molecule has 0 aliphatic rings. The van der Waals surface area contributed by atoms with E-state index in [2.05, 4.69) is 0 Å². The SMILES string of the molecule is O=C(/C=C/c1ccccc1S(=O)(=O)O)c1ccccc1. The maximum absolute atomic E-state index is 11.9. The van der Waals surface area contributed by atoms with Crippen LogP contribution in [0.4, 0.5) is 0 Å². The molecule has 0 saturated carbocycles. The highest BCUT2D eigenvalue weighted by molar-refractivity contribution is 7.85. The molecule has 0 heterocycles. The molecule has 0 aromatic heterocycles. The van der Waals surface area contributed by atoms with Gasteiger partial charge in [0, 0.05) is 5.56 Å². The quantitative estimate of drug-likeness (QED) is 0.533. The zero-order chi connectivity index (χ0) is 14.6. The maximum atomic E-state index is 11.9. The molecule has 0 amide bonds. The van der Waals surface area contributed by atoms with Gasteiger partial charge in [0.25, 0.3) is 10.1 Å². The van der Waals surface area contributed by atoms with E-state index in [0.717, 1.165) is 0 Å². The molecule has 2 rings (SSSR count). The Bertz CT molecular complexity index is 746. The molecule has 0 spiro atoms. The summed E-state index contributed by atoms with van der Waals surface area (Å²) in [6.45, 7) is 0. The molecule has 0 fully saturated rings. The lowest BCUT2D eigenvalue weighted by Crippen LogP contribution is -2.00. The monoisotopic (exact) mass is 288 g/mol. The molecule has 5 heteroatoms. The molecular weight excluding hydrogens is 276 g/mol. The smallest absolute Gasteiger partial charge is 0.289 e. The van der Waals surface area contributed by atoms with Gasteiger partial charge in [0.05, 0.1) is 0 Å². The summed E-state index contributed by atoms with van der Waals surface area (Å²) in [6, 6.07) is 14.5. The lowest BCUT2D eigenvalue weighted by molar-refractivity contribution is 0.104. The first-order valence-corrected chi connectivity index (χ1v) is 7.26. The van der Waals surface area contributed by atoms with E-state index in [1.165, 1.54) is 30.4 Å². The van der Waals surface area contributed by atoms with E-state index in [9.17, 15) is 13.2 Å². The first kappa shape index (κ1) is 14.2. The Labute approximate surface area is 117 Å². The Morgan fingerprint density at radius 3 is 2.20 bits per heavy atom. The first-order chi connectivity index (χ1) is 9.48. The van der Waals surface area contributed by atoms with Crippen molar-refractivity contribution in [2.24, 2.45) is 0 Å². The van der Waals surface area contributed by atoms with E-state index < -0.39 is 10.1 Å². The summed E-state index contributed by atoms with van der Waals surface area (Å²) in [4.78, 5) is 11.7. The van der Waals surface area contributed by atoms with Gasteiger partial charge in [-0.2, -0.15) is 8.42 Å². The fourth-order valence-electron chi connectivity index (χ4n) is 1.72. The van der Waals surface area contributed by atoms with Crippen molar-refractivity contribution in [1.82, 2.24) is 0 Å². The van der Waals surface area contributed by atoms with Gasteiger partial charge in [0.15, 0.2) is 5.78 Å². The second kappa shape index (κ2) is 5.81. The average molecular weight is 288 g/mol. The minimum Gasteiger partial charge on any atom is -0.289 e. The van der Waals surface area contributed by atoms with Gasteiger partial charge in [-0.1, -0.05) is 48.5 Å². The number of carbonyl (C=O) groups is 1. The van der Waals surface area contributed by atoms with E-state index in [1.54, 1.807) is 36.4 Å². The number of rotatable bonds is 4. The van der Waals surface area contributed by atoms with Crippen LogP contribution >= 0.6 is 0 Å². The molecule has 0 aliphatic carbocycles. The van der Waals surface area contributed by atoms with Gasteiger partial charge in [0.1, 0.15) is 4.90 Å². The van der Waals surface area contributed by atoms with Gasteiger partial charge in [-0.25, -0.2) is 0 Å². The Morgan fingerprint density at radius 2 is 1.55 bits per heavy atom. The molecule has 1 N–H and O–H groups in total. The van der Waals surface area contributed by atoms with Gasteiger partial charge in [-0.3, -0.25) is 9.35 Å². The highest BCUT2D eigenvalue weighted by Gasteiger charge is 2.12. The zero-order valence-electron chi connectivity index (χ0n) is 10.4. The Balaban J connectivity index is 2.32. The lowest BCUT2D eigenvalue weighted by atomic mass is 10.1. The second-order valence-electron chi connectivity index (χ2n) is 4.08. The van der Waals surface area contributed by atoms with Crippen LogP contribution in [0, 0.1) is 0 Å². The third kappa shape index (κ3) is 3.40. The second-order valence-corrected chi connectivity index (χ2v) is 5.47. The number of hydrogen-bond acceptors (Lipinski definition) is 3. The van der Waals surface area contributed by atoms with Crippen molar-refractivity contribution in [3.63, 3.8) is 0 Å². The summed E-state index contributed by atoms with van der Waals surface area (Å²) < 4.78 is 31.5. The van der Waals surface area contributed by atoms with Crippen LogP contribution in [0.3, 0.4) is 0 Å². The van der Waals surface area contributed by atoms with Crippen LogP contribution in [0.25, 0.3) is 6.08 Å². The fraction of sp³-hybridized carbons (Fsp3) is 0. The third-order valence-electron chi connectivity index (χ3n) is 2.67. The van der Waals surface area contributed by atoms with E-state index in [-0.39, 0.29) is 16.2 Å². The molecule has 4 nitrogen and oxygen atoms in total. The van der Waals surface area contributed by atoms with Crippen molar-refractivity contribution in [2.75, 3.05) is 0 Å². The van der Waals surface area contributed by atoms with Crippen LogP contribution in [0.2, 0.25) is 0 Å². The van der Waals surface area contributed by atoms with E-state index in [4.69, 9.17) is 4.55 Å². The van der Waals surface area contributed by atoms with Crippen molar-refractivity contribution >= 4 is 22.0 Å². The van der Waals surface area contributed by atoms with Gasteiger partial charge < -0.3 is 0 Å². The lowest BCUT2D eigenvalue weighted by Gasteiger charge is -2.01. The Hall–Kier alpha value is -2.24. The molecular formula is C15H12O4S. The van der Waals surface area contributed by atoms with Crippen molar-refractivity contribution < 1.29 is 17.8 Å². The largest absolute Gasteiger partial charge is 0.295 e. The Morgan fingerprint density at radius 1 is 0.950 bits per heavy atom. The highest BCUT2D eigenvalue weighted by Crippen LogP contribution is 2.16. The number of allylic oxidation sites excluding steroid dienone is 1. The topological polar surface area (TPSA) is 71.4 Å². The van der Waals surface area contributed by atoms with Gasteiger partial charge in [-0.05, 0) is 23.8 Å². The van der Waals surface area contributed by atoms with Crippen LogP contribution in [0.1, 0.15) is 15.9 Å². The minimum atomic E-state index is -4.31. The number of ketones is 1. The summed E-state index contributed by atoms with van der Waals surface area (Å²) in [5, 5.41) is 0. The molecule has 0 bridgehead atoms. The number of hydrogen-bond donors (Lipinski definition) is 1. The molecule has 0 atom stereocenters. The molecule has 20 heavy (non-hydrogen) atoms. The average Bonchev–Trinajstić information content (AvgIpc) is 2.45. The zero-order valence-corrected chi connectivity index (χ0v) is 11.2. The fourth-order valence-corrected chi connectivity index (χ4v) is 2.40. The molecule has 0 aliphatic heterocycles. The number of carbonyl (C=O) groups excluding carboxylic acids is 1. The highest BCUT2D eigenvalue weighted by atomic mass is 32.2. The summed E-state index contributed by atoms with van der Waals surface area (Å²) in [5.74, 6) is -0.240. The Kier molecular flexibility index (Phi) is 4.12. The van der Waals surface area contributed by atoms with Gasteiger partial charge in [0.2, 0.25) is 0 Å². The van der Waals surface area contributed by atoms with Gasteiger partial charge >= 0.3 is 0 Å². The summed E-state index contributed by atoms with van der Waals surface area (Å²) in [6.07, 6.45) is 2.65. The molecule has 0 saturated heterocycles. The molecule has 0 radical (unpaired) electrons. The predicted octanol–water partition coefficient (Wildman–Crippen LogP) is 2.83. The van der Waals surface area contributed by atoms with Crippen LogP contribution in [0.15, 0.2) is 65.6 Å².